The molecule has 0 spiro atoms. The van der Waals surface area contributed by atoms with Gasteiger partial charge in [-0.3, -0.25) is 14.8 Å². The van der Waals surface area contributed by atoms with Crippen molar-refractivity contribution in [3.05, 3.63) is 0 Å². The third-order valence-corrected chi connectivity index (χ3v) is 4.87. The van der Waals surface area contributed by atoms with Crippen LogP contribution in [0.3, 0.4) is 0 Å². The van der Waals surface area contributed by atoms with Crippen LogP contribution in [0.4, 0.5) is 4.79 Å². The average Bonchev–Trinajstić information content (AvgIpc) is 2.67. The van der Waals surface area contributed by atoms with Crippen LogP contribution in [0, 0.1) is 11.3 Å². The van der Waals surface area contributed by atoms with Gasteiger partial charge in [-0.1, -0.05) is 0 Å². The minimum atomic E-state index is -4.80. The molecule has 3 aliphatic heterocycles. The molecule has 3 rings (SSSR count). The van der Waals surface area contributed by atoms with E-state index < -0.39 is 28.5 Å². The summed E-state index contributed by atoms with van der Waals surface area (Å²) in [4.78, 5) is 27.5. The first kappa shape index (κ1) is 17.1. The number of piperidine rings is 1. The number of nitrogens with one attached hydrogen (secondary N) is 2. The van der Waals surface area contributed by atoms with Crippen LogP contribution in [0.5, 0.6) is 0 Å². The molecule has 3 fully saturated rings. The van der Waals surface area contributed by atoms with E-state index >= 15 is 0 Å². The largest absolute Gasteiger partial charge is 0.418 e. The van der Waals surface area contributed by atoms with Crippen LogP contribution in [0.1, 0.15) is 12.8 Å². The number of likely N-dealkylation sites (tertiary alicyclic amines) is 1. The monoisotopic (exact) mass is 361 g/mol. The third-order valence-electron chi connectivity index (χ3n) is 4.52. The molecule has 3 aliphatic rings. The van der Waals surface area contributed by atoms with Crippen molar-refractivity contribution in [2.24, 2.45) is 5.92 Å². The van der Waals surface area contributed by atoms with Crippen LogP contribution in [-0.4, -0.2) is 84.4 Å². The van der Waals surface area contributed by atoms with Crippen LogP contribution < -0.4 is 5.32 Å². The first-order valence-electron chi connectivity index (χ1n) is 7.50. The number of carbonyl (C=O) groups excluding carboxylic acids is 2. The molecular formula is C12H19N5O6S. The highest BCUT2D eigenvalue weighted by Gasteiger charge is 2.48. The van der Waals surface area contributed by atoms with Gasteiger partial charge in [-0.25, -0.2) is 4.79 Å². The van der Waals surface area contributed by atoms with Crippen LogP contribution >= 0.6 is 0 Å². The molecule has 0 aromatic heterocycles. The van der Waals surface area contributed by atoms with E-state index in [1.54, 1.807) is 0 Å². The maximum absolute atomic E-state index is 12.2. The van der Waals surface area contributed by atoms with Gasteiger partial charge in [0.25, 0.3) is 0 Å². The molecule has 3 saturated heterocycles. The van der Waals surface area contributed by atoms with Gasteiger partial charge < -0.3 is 15.1 Å². The van der Waals surface area contributed by atoms with Crippen molar-refractivity contribution in [1.29, 1.82) is 5.41 Å². The van der Waals surface area contributed by atoms with Gasteiger partial charge in [-0.15, -0.1) is 4.28 Å². The highest BCUT2D eigenvalue weighted by molar-refractivity contribution is 7.80. The first-order valence-corrected chi connectivity index (χ1v) is 8.87. The Bertz CT molecular complexity index is 675. The Balaban J connectivity index is 1.63. The molecule has 134 valence electrons. The van der Waals surface area contributed by atoms with E-state index in [2.05, 4.69) is 9.60 Å². The predicted octanol–water partition coefficient (Wildman–Crippen LogP) is -1.36. The summed E-state index contributed by atoms with van der Waals surface area (Å²) in [5.41, 5.74) is 0. The molecule has 2 bridgehead atoms. The second-order valence-electron chi connectivity index (χ2n) is 6.33. The lowest BCUT2D eigenvalue weighted by molar-refractivity contribution is -0.128. The van der Waals surface area contributed by atoms with Crippen molar-refractivity contribution in [2.45, 2.75) is 24.9 Å². The Labute approximate surface area is 138 Å². The van der Waals surface area contributed by atoms with Gasteiger partial charge in [0.2, 0.25) is 5.91 Å². The number of rotatable bonds is 4. The predicted molar refractivity (Wildman–Crippen MR) is 80.2 cm³/mol. The summed E-state index contributed by atoms with van der Waals surface area (Å²) >= 11 is 0. The van der Waals surface area contributed by atoms with Gasteiger partial charge in [-0.05, 0) is 19.9 Å². The van der Waals surface area contributed by atoms with Gasteiger partial charge in [0.05, 0.1) is 18.0 Å². The topological polar surface area (TPSA) is 143 Å². The van der Waals surface area contributed by atoms with Crippen molar-refractivity contribution < 1.29 is 26.8 Å². The molecule has 0 radical (unpaired) electrons. The number of nitrogens with zero attached hydrogens (tertiary/aromatic N) is 3. The number of amidine groups is 1. The van der Waals surface area contributed by atoms with Crippen molar-refractivity contribution >= 4 is 28.2 Å². The fourth-order valence-corrected chi connectivity index (χ4v) is 3.70. The Morgan fingerprint density at radius 2 is 2.00 bits per heavy atom. The summed E-state index contributed by atoms with van der Waals surface area (Å²) < 4.78 is 34.8. The molecule has 12 heteroatoms. The second kappa shape index (κ2) is 5.95. The third kappa shape index (κ3) is 3.22. The second-order valence-corrected chi connectivity index (χ2v) is 7.34. The maximum atomic E-state index is 12.2. The molecule has 24 heavy (non-hydrogen) atoms. The summed E-state index contributed by atoms with van der Waals surface area (Å²) in [6.45, 7) is 1.43. The van der Waals surface area contributed by atoms with E-state index in [9.17, 15) is 18.0 Å². The SMILES string of the molecule is CN1CC(C(=O)NC(=N)[C@@H]2CC[C@@H]3CN2C(=O)N3OS(=O)(=O)O)C1. The summed E-state index contributed by atoms with van der Waals surface area (Å²) in [6.07, 6.45) is 0.790. The number of urea groups is 1. The van der Waals surface area contributed by atoms with Crippen molar-refractivity contribution in [3.63, 3.8) is 0 Å². The van der Waals surface area contributed by atoms with Gasteiger partial charge in [0.1, 0.15) is 5.84 Å². The number of hydrogen-bond donors (Lipinski definition) is 3. The Morgan fingerprint density at radius 1 is 1.33 bits per heavy atom. The Morgan fingerprint density at radius 3 is 2.58 bits per heavy atom. The van der Waals surface area contributed by atoms with E-state index in [0.717, 1.165) is 0 Å². The molecular weight excluding hydrogens is 342 g/mol. The fourth-order valence-electron chi connectivity index (χ4n) is 3.31. The van der Waals surface area contributed by atoms with E-state index in [1.807, 2.05) is 11.9 Å². The molecule has 0 aromatic rings. The van der Waals surface area contributed by atoms with Crippen LogP contribution in [-0.2, 0) is 19.5 Å². The quantitative estimate of drug-likeness (QED) is 0.319. The van der Waals surface area contributed by atoms with Crippen molar-refractivity contribution in [3.8, 4) is 0 Å². The van der Waals surface area contributed by atoms with Crippen molar-refractivity contribution in [2.75, 3.05) is 26.7 Å². The van der Waals surface area contributed by atoms with E-state index in [4.69, 9.17) is 9.96 Å². The molecule has 3 heterocycles. The minimum absolute atomic E-state index is 0.0879. The molecule has 3 amide bonds. The lowest BCUT2D eigenvalue weighted by Gasteiger charge is -2.36. The summed E-state index contributed by atoms with van der Waals surface area (Å²) in [7, 11) is -2.91. The lowest BCUT2D eigenvalue weighted by Crippen LogP contribution is -2.56. The maximum Gasteiger partial charge on any atom is 0.418 e. The Hall–Kier alpha value is -1.76. The standard InChI is InChI=1S/C12H19N5O6S/c1-15-4-7(5-15)11(18)14-10(13)9-3-2-8-6-16(9)12(19)17(8)23-24(20,21)22/h7-9H,2-6H2,1H3,(H2,13,14,18)(H,20,21,22)/t8-,9+/m1/s1. The van der Waals surface area contributed by atoms with Crippen LogP contribution in [0.15, 0.2) is 0 Å². The zero-order chi connectivity index (χ0) is 17.6. The highest BCUT2D eigenvalue weighted by atomic mass is 32.3. The molecule has 0 aliphatic carbocycles. The average molecular weight is 361 g/mol. The normalized spacial score (nSPS) is 28.0. The van der Waals surface area contributed by atoms with Gasteiger partial charge in [0, 0.05) is 19.6 Å². The number of amides is 3. The molecule has 0 saturated carbocycles. The molecule has 0 aromatic carbocycles. The number of carbonyl (C=O) groups is 2. The Kier molecular flexibility index (Phi) is 4.23. The number of fused-ring (bicyclic) bond motifs is 2. The van der Waals surface area contributed by atoms with Gasteiger partial charge in [0.15, 0.2) is 0 Å². The van der Waals surface area contributed by atoms with Crippen LogP contribution in [0.2, 0.25) is 0 Å². The lowest BCUT2D eigenvalue weighted by atomic mass is 9.98. The van der Waals surface area contributed by atoms with Gasteiger partial charge in [-0.2, -0.15) is 13.5 Å². The smallest absolute Gasteiger partial charge is 0.313 e. The van der Waals surface area contributed by atoms with Gasteiger partial charge >= 0.3 is 16.4 Å². The summed E-state index contributed by atoms with van der Waals surface area (Å²) in [5, 5.41) is 11.2. The number of hydrogen-bond acceptors (Lipinski definition) is 7. The summed E-state index contributed by atoms with van der Waals surface area (Å²) in [6, 6.07) is -1.91. The van der Waals surface area contributed by atoms with E-state index in [1.165, 1.54) is 4.90 Å². The van der Waals surface area contributed by atoms with E-state index in [0.29, 0.717) is 31.0 Å². The molecule has 11 nitrogen and oxygen atoms in total. The van der Waals surface area contributed by atoms with Crippen LogP contribution in [0.25, 0.3) is 0 Å². The van der Waals surface area contributed by atoms with E-state index in [-0.39, 0.29) is 24.2 Å². The first-order chi connectivity index (χ1) is 11.2. The minimum Gasteiger partial charge on any atom is -0.313 e. The highest BCUT2D eigenvalue weighted by Crippen LogP contribution is 2.30. The van der Waals surface area contributed by atoms with Crippen molar-refractivity contribution in [1.82, 2.24) is 20.2 Å². The molecule has 0 unspecified atom stereocenters. The zero-order valence-corrected chi connectivity index (χ0v) is 13.8. The zero-order valence-electron chi connectivity index (χ0n) is 13.0. The number of hydroxylamine groups is 2. The fraction of sp³-hybridized carbons (Fsp3) is 0.750. The summed E-state index contributed by atoms with van der Waals surface area (Å²) in [5.74, 6) is -0.506. The molecule has 2 atom stereocenters. The molecule has 3 N–H and O–H groups in total.